The molecule has 2 fully saturated rings. The molecule has 6 heteroatoms. The van der Waals surface area contributed by atoms with Crippen molar-refractivity contribution in [1.29, 1.82) is 0 Å². The van der Waals surface area contributed by atoms with E-state index in [1.54, 1.807) is 11.1 Å². The fraction of sp³-hybridized carbons (Fsp3) is 0.615. The van der Waals surface area contributed by atoms with E-state index in [4.69, 9.17) is 0 Å². The van der Waals surface area contributed by atoms with E-state index in [1.807, 2.05) is 12.1 Å². The summed E-state index contributed by atoms with van der Waals surface area (Å²) < 4.78 is 37.9. The van der Waals surface area contributed by atoms with Crippen LogP contribution in [-0.2, 0) is 0 Å². The third kappa shape index (κ3) is 2.54. The maximum absolute atomic E-state index is 12.6. The maximum atomic E-state index is 12.6. The van der Waals surface area contributed by atoms with E-state index in [0.717, 1.165) is 18.7 Å². The molecule has 0 aromatic carbocycles. The van der Waals surface area contributed by atoms with Crippen molar-refractivity contribution in [3.63, 3.8) is 0 Å². The number of nitrogens with zero attached hydrogens (tertiary/aromatic N) is 2. The molecule has 1 aromatic heterocycles. The first-order valence-corrected chi connectivity index (χ1v) is 6.52. The summed E-state index contributed by atoms with van der Waals surface area (Å²) in [7, 11) is 0. The van der Waals surface area contributed by atoms with Crippen LogP contribution in [-0.4, -0.2) is 37.3 Å². The van der Waals surface area contributed by atoms with Crippen LogP contribution in [0.3, 0.4) is 0 Å². The number of hydrogen-bond donors (Lipinski definition) is 1. The Labute approximate surface area is 109 Å². The molecule has 1 N–H and O–H groups in total. The summed E-state index contributed by atoms with van der Waals surface area (Å²) in [5.74, 6) is -0.0596. The van der Waals surface area contributed by atoms with Gasteiger partial charge in [0.25, 0.3) is 0 Å². The van der Waals surface area contributed by atoms with E-state index in [1.165, 1.54) is 0 Å². The zero-order valence-corrected chi connectivity index (χ0v) is 10.5. The monoisotopic (exact) mass is 271 g/mol. The van der Waals surface area contributed by atoms with Gasteiger partial charge in [0, 0.05) is 38.3 Å². The summed E-state index contributed by atoms with van der Waals surface area (Å²) in [6.07, 6.45) is -2.13. The standard InChI is InChI=1S/C13H16F3N3/c14-13(15,16)11-3-4-19(8-11)12-2-1-9(7-18-12)10-5-17-6-10/h1-2,7,10-11,17H,3-6,8H2/t11-/m0/s1. The number of nitrogens with one attached hydrogen (secondary N) is 1. The van der Waals surface area contributed by atoms with Crippen LogP contribution in [0.15, 0.2) is 18.3 Å². The van der Waals surface area contributed by atoms with Crippen LogP contribution in [0.2, 0.25) is 0 Å². The van der Waals surface area contributed by atoms with E-state index < -0.39 is 12.1 Å². The molecule has 1 aromatic rings. The molecule has 3 heterocycles. The molecule has 0 radical (unpaired) electrons. The minimum Gasteiger partial charge on any atom is -0.356 e. The number of rotatable bonds is 2. The molecule has 0 amide bonds. The summed E-state index contributed by atoms with van der Waals surface area (Å²) in [6, 6.07) is 3.82. The minimum absolute atomic E-state index is 0.0286. The Morgan fingerprint density at radius 3 is 2.53 bits per heavy atom. The van der Waals surface area contributed by atoms with Crippen LogP contribution in [0.5, 0.6) is 0 Å². The lowest BCUT2D eigenvalue weighted by Crippen LogP contribution is -2.39. The summed E-state index contributed by atoms with van der Waals surface area (Å²) in [6.45, 7) is 2.38. The molecular formula is C13H16F3N3. The largest absolute Gasteiger partial charge is 0.393 e. The Morgan fingerprint density at radius 2 is 2.05 bits per heavy atom. The molecule has 3 nitrogen and oxygen atoms in total. The lowest BCUT2D eigenvalue weighted by molar-refractivity contribution is -0.168. The van der Waals surface area contributed by atoms with E-state index in [0.29, 0.717) is 18.3 Å². The fourth-order valence-corrected chi connectivity index (χ4v) is 2.59. The topological polar surface area (TPSA) is 28.2 Å². The average molecular weight is 271 g/mol. The van der Waals surface area contributed by atoms with Crippen LogP contribution in [0, 0.1) is 5.92 Å². The molecule has 2 aliphatic rings. The van der Waals surface area contributed by atoms with Crippen molar-refractivity contribution < 1.29 is 13.2 Å². The van der Waals surface area contributed by atoms with Gasteiger partial charge in [-0.05, 0) is 18.1 Å². The first-order chi connectivity index (χ1) is 9.04. The SMILES string of the molecule is FC(F)(F)[C@H]1CCN(c2ccc(C3CNC3)cn2)C1. The van der Waals surface area contributed by atoms with Gasteiger partial charge in [0.1, 0.15) is 5.82 Å². The van der Waals surface area contributed by atoms with Crippen molar-refractivity contribution in [3.8, 4) is 0 Å². The van der Waals surface area contributed by atoms with Crippen molar-refractivity contribution in [1.82, 2.24) is 10.3 Å². The minimum atomic E-state index is -4.09. The third-order valence-corrected chi connectivity index (χ3v) is 4.00. The molecule has 104 valence electrons. The van der Waals surface area contributed by atoms with E-state index >= 15 is 0 Å². The first-order valence-electron chi connectivity index (χ1n) is 6.52. The van der Waals surface area contributed by atoms with Gasteiger partial charge in [0.2, 0.25) is 0 Å². The molecule has 1 atom stereocenters. The van der Waals surface area contributed by atoms with Gasteiger partial charge in [0.05, 0.1) is 5.92 Å². The molecule has 2 saturated heterocycles. The highest BCUT2D eigenvalue weighted by molar-refractivity contribution is 5.41. The van der Waals surface area contributed by atoms with Crippen LogP contribution in [0.25, 0.3) is 0 Å². The number of hydrogen-bond acceptors (Lipinski definition) is 3. The van der Waals surface area contributed by atoms with Crippen LogP contribution < -0.4 is 10.2 Å². The molecule has 0 unspecified atom stereocenters. The van der Waals surface area contributed by atoms with Gasteiger partial charge >= 0.3 is 6.18 Å². The molecule has 0 aliphatic carbocycles. The molecular weight excluding hydrogens is 255 g/mol. The van der Waals surface area contributed by atoms with Crippen LogP contribution in [0.1, 0.15) is 17.9 Å². The number of alkyl halides is 3. The van der Waals surface area contributed by atoms with Gasteiger partial charge in [-0.15, -0.1) is 0 Å². The summed E-state index contributed by atoms with van der Waals surface area (Å²) >= 11 is 0. The van der Waals surface area contributed by atoms with Crippen LogP contribution >= 0.6 is 0 Å². The Balaban J connectivity index is 1.66. The molecule has 19 heavy (non-hydrogen) atoms. The Morgan fingerprint density at radius 1 is 1.26 bits per heavy atom. The first kappa shape index (κ1) is 12.7. The normalized spacial score (nSPS) is 24.6. The maximum Gasteiger partial charge on any atom is 0.393 e. The van der Waals surface area contributed by atoms with Gasteiger partial charge in [-0.25, -0.2) is 4.98 Å². The Bertz CT molecular complexity index is 439. The second-order valence-corrected chi connectivity index (χ2v) is 5.28. The van der Waals surface area contributed by atoms with Crippen molar-refractivity contribution in [2.24, 2.45) is 5.92 Å². The number of anilines is 1. The van der Waals surface area contributed by atoms with Gasteiger partial charge in [0.15, 0.2) is 0 Å². The molecule has 3 rings (SSSR count). The second kappa shape index (κ2) is 4.67. The zero-order chi connectivity index (χ0) is 13.5. The molecule has 0 saturated carbocycles. The highest BCUT2D eigenvalue weighted by Crippen LogP contribution is 2.35. The predicted molar refractivity (Wildman–Crippen MR) is 66.2 cm³/mol. The summed E-state index contributed by atoms with van der Waals surface area (Å²) in [5, 5.41) is 3.19. The van der Waals surface area contributed by atoms with Crippen LogP contribution in [0.4, 0.5) is 19.0 Å². The van der Waals surface area contributed by atoms with E-state index in [9.17, 15) is 13.2 Å². The van der Waals surface area contributed by atoms with Crippen molar-refractivity contribution >= 4 is 5.82 Å². The number of pyridine rings is 1. The van der Waals surface area contributed by atoms with E-state index in [-0.39, 0.29) is 13.0 Å². The van der Waals surface area contributed by atoms with Gasteiger partial charge in [-0.1, -0.05) is 6.07 Å². The molecule has 0 spiro atoms. The van der Waals surface area contributed by atoms with Gasteiger partial charge < -0.3 is 10.2 Å². The lowest BCUT2D eigenvalue weighted by Gasteiger charge is -2.27. The predicted octanol–water partition coefficient (Wildman–Crippen LogP) is 2.16. The average Bonchev–Trinajstić information content (AvgIpc) is 2.76. The second-order valence-electron chi connectivity index (χ2n) is 5.28. The Kier molecular flexibility index (Phi) is 3.12. The highest BCUT2D eigenvalue weighted by atomic mass is 19.4. The summed E-state index contributed by atoms with van der Waals surface area (Å²) in [4.78, 5) is 6.03. The van der Waals surface area contributed by atoms with E-state index in [2.05, 4.69) is 10.3 Å². The highest BCUT2D eigenvalue weighted by Gasteiger charge is 2.43. The zero-order valence-electron chi connectivity index (χ0n) is 10.5. The smallest absolute Gasteiger partial charge is 0.356 e. The van der Waals surface area contributed by atoms with Gasteiger partial charge in [-0.3, -0.25) is 0 Å². The Hall–Kier alpha value is -1.30. The fourth-order valence-electron chi connectivity index (χ4n) is 2.59. The third-order valence-electron chi connectivity index (χ3n) is 4.00. The van der Waals surface area contributed by atoms with Crippen molar-refractivity contribution in [3.05, 3.63) is 23.9 Å². The molecule has 0 bridgehead atoms. The number of halogens is 3. The van der Waals surface area contributed by atoms with Gasteiger partial charge in [-0.2, -0.15) is 13.2 Å². The quantitative estimate of drug-likeness (QED) is 0.893. The summed E-state index contributed by atoms with van der Waals surface area (Å²) in [5.41, 5.74) is 1.16. The lowest BCUT2D eigenvalue weighted by atomic mass is 9.95. The molecule has 2 aliphatic heterocycles. The van der Waals surface area contributed by atoms with Crippen molar-refractivity contribution in [2.75, 3.05) is 31.1 Å². The number of aromatic nitrogens is 1. The van der Waals surface area contributed by atoms with Crippen molar-refractivity contribution in [2.45, 2.75) is 18.5 Å².